The summed E-state index contributed by atoms with van der Waals surface area (Å²) in [6.07, 6.45) is 1.81. The van der Waals surface area contributed by atoms with Crippen molar-refractivity contribution in [1.29, 1.82) is 0 Å². The fraction of sp³-hybridized carbons (Fsp3) is 0.105. The molecule has 4 rings (SSSR count). The summed E-state index contributed by atoms with van der Waals surface area (Å²) in [5.41, 5.74) is 3.70. The van der Waals surface area contributed by atoms with Gasteiger partial charge >= 0.3 is 0 Å². The van der Waals surface area contributed by atoms with Crippen LogP contribution in [0.1, 0.15) is 20.9 Å². The van der Waals surface area contributed by atoms with E-state index in [4.69, 9.17) is 0 Å². The Bertz CT molecular complexity index is 899. The Morgan fingerprint density at radius 2 is 1.50 bits per heavy atom. The third-order valence-electron chi connectivity index (χ3n) is 3.89. The lowest BCUT2D eigenvalue weighted by molar-refractivity contribution is 0.881. The van der Waals surface area contributed by atoms with Gasteiger partial charge in [-0.2, -0.15) is 0 Å². The summed E-state index contributed by atoms with van der Waals surface area (Å²) in [6.45, 7) is 0. The zero-order valence-electron chi connectivity index (χ0n) is 13.0. The van der Waals surface area contributed by atoms with Crippen LogP contribution < -0.4 is 0 Å². The highest BCUT2D eigenvalue weighted by molar-refractivity contribution is 7.12. The molecular weight excluding hydrogens is 316 g/mol. The smallest absolute Gasteiger partial charge is 0.180 e. The van der Waals surface area contributed by atoms with E-state index in [0.29, 0.717) is 0 Å². The molecule has 0 amide bonds. The van der Waals surface area contributed by atoms with Crippen molar-refractivity contribution in [2.75, 3.05) is 0 Å². The lowest BCUT2D eigenvalue weighted by atomic mass is 10.1. The highest BCUT2D eigenvalue weighted by Gasteiger charge is 2.14. The first kappa shape index (κ1) is 14.8. The van der Waals surface area contributed by atoms with E-state index in [9.17, 15) is 0 Å². The van der Waals surface area contributed by atoms with Crippen molar-refractivity contribution in [1.82, 2.24) is 20.6 Å². The number of H-pyrrole nitrogens is 1. The summed E-state index contributed by atoms with van der Waals surface area (Å²) < 4.78 is 0. The number of nitrogens with zero attached hydrogens (tertiary/aromatic N) is 3. The van der Waals surface area contributed by atoms with Gasteiger partial charge in [-0.05, 0) is 27.6 Å². The van der Waals surface area contributed by atoms with Crippen molar-refractivity contribution in [3.05, 3.63) is 87.6 Å². The largest absolute Gasteiger partial charge is 0.239 e. The van der Waals surface area contributed by atoms with Crippen molar-refractivity contribution < 1.29 is 0 Å². The van der Waals surface area contributed by atoms with Gasteiger partial charge in [-0.1, -0.05) is 60.7 Å². The molecule has 0 aliphatic heterocycles. The first-order valence-corrected chi connectivity index (χ1v) is 8.63. The van der Waals surface area contributed by atoms with E-state index < -0.39 is 0 Å². The Morgan fingerprint density at radius 1 is 0.833 bits per heavy atom. The molecule has 2 aromatic heterocycles. The number of rotatable bonds is 5. The summed E-state index contributed by atoms with van der Waals surface area (Å²) >= 11 is 1.83. The topological polar surface area (TPSA) is 54.5 Å². The predicted molar refractivity (Wildman–Crippen MR) is 96.0 cm³/mol. The number of thiophene rings is 1. The first-order chi connectivity index (χ1) is 11.9. The molecule has 0 unspecified atom stereocenters. The van der Waals surface area contributed by atoms with Crippen LogP contribution in [0.25, 0.3) is 11.4 Å². The van der Waals surface area contributed by atoms with Crippen LogP contribution in [0.4, 0.5) is 0 Å². The van der Waals surface area contributed by atoms with Gasteiger partial charge in [0.25, 0.3) is 0 Å². The van der Waals surface area contributed by atoms with Crippen LogP contribution in [-0.2, 0) is 12.8 Å². The molecule has 0 aliphatic rings. The highest BCUT2D eigenvalue weighted by atomic mass is 32.1. The van der Waals surface area contributed by atoms with Gasteiger partial charge in [0.1, 0.15) is 0 Å². The second-order valence-corrected chi connectivity index (χ2v) is 6.85. The van der Waals surface area contributed by atoms with Crippen molar-refractivity contribution in [2.45, 2.75) is 12.8 Å². The molecule has 0 aliphatic carbocycles. The highest BCUT2D eigenvalue weighted by Crippen LogP contribution is 2.32. The average molecular weight is 332 g/mol. The van der Waals surface area contributed by atoms with Crippen LogP contribution in [0.5, 0.6) is 0 Å². The maximum atomic E-state index is 4.10. The van der Waals surface area contributed by atoms with Gasteiger partial charge in [0.15, 0.2) is 5.82 Å². The van der Waals surface area contributed by atoms with E-state index in [2.05, 4.69) is 75.2 Å². The van der Waals surface area contributed by atoms with Crippen LogP contribution in [0.15, 0.2) is 66.7 Å². The molecule has 118 valence electrons. The number of aromatic amines is 1. The van der Waals surface area contributed by atoms with E-state index in [0.717, 1.165) is 24.2 Å². The molecule has 0 fully saturated rings. The van der Waals surface area contributed by atoms with Crippen LogP contribution in [0.2, 0.25) is 0 Å². The molecule has 0 radical (unpaired) electrons. The van der Waals surface area contributed by atoms with Crippen molar-refractivity contribution >= 4 is 11.3 Å². The molecule has 0 bridgehead atoms. The standard InChI is InChI=1S/C19H16N4S/c1-3-7-14(8-4-1)11-16-13-17(19-20-22-23-21-19)18(24-16)12-15-9-5-2-6-10-15/h1-10,13H,11-12H2,(H,20,21,22,23). The van der Waals surface area contributed by atoms with Gasteiger partial charge in [0, 0.05) is 28.2 Å². The number of hydrogen-bond donors (Lipinski definition) is 1. The molecule has 0 spiro atoms. The van der Waals surface area contributed by atoms with Crippen LogP contribution in [-0.4, -0.2) is 20.6 Å². The molecule has 0 atom stereocenters. The molecule has 4 nitrogen and oxygen atoms in total. The van der Waals surface area contributed by atoms with Crippen LogP contribution >= 0.6 is 11.3 Å². The minimum atomic E-state index is 0.733. The van der Waals surface area contributed by atoms with Gasteiger partial charge in [-0.3, -0.25) is 0 Å². The van der Waals surface area contributed by atoms with E-state index in [1.165, 1.54) is 20.9 Å². The lowest BCUT2D eigenvalue weighted by Crippen LogP contribution is -1.88. The van der Waals surface area contributed by atoms with E-state index in [1.54, 1.807) is 0 Å². The average Bonchev–Trinajstić information content (AvgIpc) is 3.27. The Balaban J connectivity index is 1.68. The van der Waals surface area contributed by atoms with E-state index >= 15 is 0 Å². The zero-order chi connectivity index (χ0) is 16.2. The van der Waals surface area contributed by atoms with Gasteiger partial charge in [0.2, 0.25) is 0 Å². The second kappa shape index (κ2) is 6.76. The zero-order valence-corrected chi connectivity index (χ0v) is 13.8. The molecule has 4 aromatic rings. The number of benzene rings is 2. The SMILES string of the molecule is c1ccc(Cc2cc(-c3nnn[nH]3)c(Cc3ccccc3)s2)cc1. The van der Waals surface area contributed by atoms with Crippen LogP contribution in [0, 0.1) is 0 Å². The van der Waals surface area contributed by atoms with E-state index in [1.807, 2.05) is 23.5 Å². The summed E-state index contributed by atoms with van der Waals surface area (Å²) in [6, 6.07) is 23.2. The quantitative estimate of drug-likeness (QED) is 0.598. The third-order valence-corrected chi connectivity index (χ3v) is 5.02. The molecule has 1 N–H and O–H groups in total. The molecule has 2 heterocycles. The Labute approximate surface area is 144 Å². The summed E-state index contributed by atoms with van der Waals surface area (Å²) in [5.74, 6) is 0.733. The number of nitrogens with one attached hydrogen (secondary N) is 1. The third kappa shape index (κ3) is 3.26. The fourth-order valence-electron chi connectivity index (χ4n) is 2.75. The number of aromatic nitrogens is 4. The fourth-order valence-corrected chi connectivity index (χ4v) is 3.99. The Hall–Kier alpha value is -2.79. The molecule has 0 saturated carbocycles. The van der Waals surface area contributed by atoms with Crippen molar-refractivity contribution in [3.63, 3.8) is 0 Å². The monoisotopic (exact) mass is 332 g/mol. The van der Waals surface area contributed by atoms with Gasteiger partial charge in [-0.25, -0.2) is 5.10 Å². The van der Waals surface area contributed by atoms with E-state index in [-0.39, 0.29) is 0 Å². The van der Waals surface area contributed by atoms with Crippen molar-refractivity contribution in [2.24, 2.45) is 0 Å². The summed E-state index contributed by atoms with van der Waals surface area (Å²) in [7, 11) is 0. The first-order valence-electron chi connectivity index (χ1n) is 7.82. The molecule has 5 heteroatoms. The Kier molecular flexibility index (Phi) is 4.16. The molecular formula is C19H16N4S. The predicted octanol–water partition coefficient (Wildman–Crippen LogP) is 4.11. The molecule has 2 aromatic carbocycles. The Morgan fingerprint density at radius 3 is 2.12 bits per heavy atom. The lowest BCUT2D eigenvalue weighted by Gasteiger charge is -2.01. The normalized spacial score (nSPS) is 10.8. The summed E-state index contributed by atoms with van der Waals surface area (Å²) in [5, 5.41) is 14.4. The van der Waals surface area contributed by atoms with Crippen molar-refractivity contribution in [3.8, 4) is 11.4 Å². The maximum absolute atomic E-state index is 4.10. The summed E-state index contributed by atoms with van der Waals surface area (Å²) in [4.78, 5) is 2.60. The molecule has 0 saturated heterocycles. The molecule has 24 heavy (non-hydrogen) atoms. The maximum Gasteiger partial charge on any atom is 0.180 e. The number of tetrazole rings is 1. The minimum Gasteiger partial charge on any atom is -0.239 e. The van der Waals surface area contributed by atoms with Crippen LogP contribution in [0.3, 0.4) is 0 Å². The van der Waals surface area contributed by atoms with Gasteiger partial charge < -0.3 is 0 Å². The minimum absolute atomic E-state index is 0.733. The van der Waals surface area contributed by atoms with Gasteiger partial charge in [0.05, 0.1) is 0 Å². The number of hydrogen-bond acceptors (Lipinski definition) is 4. The second-order valence-electron chi connectivity index (χ2n) is 5.62. The van der Waals surface area contributed by atoms with Gasteiger partial charge in [-0.15, -0.1) is 16.4 Å².